The number of nitrogens with one attached hydrogen (secondary N) is 1. The minimum Gasteiger partial charge on any atom is -0.317 e. The van der Waals surface area contributed by atoms with E-state index >= 15 is 0 Å². The highest BCUT2D eigenvalue weighted by molar-refractivity contribution is 4.96. The summed E-state index contributed by atoms with van der Waals surface area (Å²) in [6.07, 6.45) is 9.61. The van der Waals surface area contributed by atoms with Crippen molar-refractivity contribution in [1.29, 1.82) is 0 Å². The first kappa shape index (κ1) is 10.3. The van der Waals surface area contributed by atoms with E-state index in [-0.39, 0.29) is 0 Å². The van der Waals surface area contributed by atoms with Crippen LogP contribution >= 0.6 is 0 Å². The van der Waals surface area contributed by atoms with Gasteiger partial charge >= 0.3 is 0 Å². The van der Waals surface area contributed by atoms with Gasteiger partial charge in [-0.25, -0.2) is 0 Å². The van der Waals surface area contributed by atoms with Crippen molar-refractivity contribution < 1.29 is 0 Å². The van der Waals surface area contributed by atoms with Crippen molar-refractivity contribution in [1.82, 2.24) is 20.1 Å². The lowest BCUT2D eigenvalue weighted by molar-refractivity contribution is 0.448. The van der Waals surface area contributed by atoms with Crippen LogP contribution in [-0.4, -0.2) is 27.9 Å². The molecule has 2 heterocycles. The maximum absolute atomic E-state index is 4.29. The second-order valence-electron chi connectivity index (χ2n) is 5.14. The van der Waals surface area contributed by atoms with Gasteiger partial charge in [-0.05, 0) is 51.1 Å². The van der Waals surface area contributed by atoms with Crippen LogP contribution in [0.15, 0.2) is 6.33 Å². The molecule has 1 aromatic heterocycles. The predicted molar refractivity (Wildman–Crippen MR) is 62.2 cm³/mol. The van der Waals surface area contributed by atoms with Gasteiger partial charge < -0.3 is 9.88 Å². The lowest BCUT2D eigenvalue weighted by Crippen LogP contribution is -2.15. The average Bonchev–Trinajstić information content (AvgIpc) is 3.07. The maximum Gasteiger partial charge on any atom is 0.133 e. The Morgan fingerprint density at radius 1 is 1.25 bits per heavy atom. The van der Waals surface area contributed by atoms with Gasteiger partial charge in [0.1, 0.15) is 12.2 Å². The molecule has 4 nitrogen and oxygen atoms in total. The van der Waals surface area contributed by atoms with E-state index in [0.717, 1.165) is 12.3 Å². The largest absolute Gasteiger partial charge is 0.317 e. The lowest BCUT2D eigenvalue weighted by Gasteiger charge is -2.13. The van der Waals surface area contributed by atoms with Gasteiger partial charge in [-0.3, -0.25) is 0 Å². The second kappa shape index (κ2) is 4.53. The Labute approximate surface area is 96.4 Å². The summed E-state index contributed by atoms with van der Waals surface area (Å²) >= 11 is 0. The van der Waals surface area contributed by atoms with Crippen LogP contribution in [0, 0.1) is 5.92 Å². The monoisotopic (exact) mass is 220 g/mol. The molecule has 0 radical (unpaired) electrons. The molecule has 4 heteroatoms. The molecule has 0 amide bonds. The van der Waals surface area contributed by atoms with Crippen LogP contribution in [0.25, 0.3) is 0 Å². The van der Waals surface area contributed by atoms with Crippen LogP contribution in [0.5, 0.6) is 0 Å². The molecule has 1 aromatic rings. The van der Waals surface area contributed by atoms with E-state index in [9.17, 15) is 0 Å². The summed E-state index contributed by atoms with van der Waals surface area (Å²) < 4.78 is 2.30. The number of hydrogen-bond donors (Lipinski definition) is 1. The van der Waals surface area contributed by atoms with Gasteiger partial charge in [0.05, 0.1) is 0 Å². The van der Waals surface area contributed by atoms with E-state index in [1.807, 2.05) is 6.33 Å². The number of aromatic nitrogens is 3. The van der Waals surface area contributed by atoms with Crippen LogP contribution in [-0.2, 0) is 6.42 Å². The molecule has 0 aromatic carbocycles. The van der Waals surface area contributed by atoms with Crippen LogP contribution in [0.1, 0.15) is 44.0 Å². The van der Waals surface area contributed by atoms with Crippen LogP contribution < -0.4 is 5.32 Å². The Kier molecular flexibility index (Phi) is 2.91. The summed E-state index contributed by atoms with van der Waals surface area (Å²) in [5.74, 6) is 2.02. The standard InChI is InChI=1S/C12H20N4/c1-2-10(5-7-13-6-1)8-12-15-14-9-16(12)11-3-4-11/h9-11,13H,1-8H2. The molecule has 88 valence electrons. The first-order valence-electron chi connectivity index (χ1n) is 6.52. The molecule has 1 N–H and O–H groups in total. The summed E-state index contributed by atoms with van der Waals surface area (Å²) in [5.41, 5.74) is 0. The third-order valence-corrected chi connectivity index (χ3v) is 3.75. The minimum absolute atomic E-state index is 0.717. The van der Waals surface area contributed by atoms with Crippen molar-refractivity contribution in [3.63, 3.8) is 0 Å². The van der Waals surface area contributed by atoms with Gasteiger partial charge in [-0.1, -0.05) is 0 Å². The predicted octanol–water partition coefficient (Wildman–Crippen LogP) is 1.55. The molecule has 0 spiro atoms. The molecule has 0 bridgehead atoms. The molecule has 2 aliphatic rings. The highest BCUT2D eigenvalue weighted by Gasteiger charge is 2.27. The molecule has 1 saturated heterocycles. The van der Waals surface area contributed by atoms with Gasteiger partial charge in [0.2, 0.25) is 0 Å². The summed E-state index contributed by atoms with van der Waals surface area (Å²) in [6, 6.07) is 0.717. The van der Waals surface area contributed by atoms with Crippen molar-refractivity contribution in [2.45, 2.75) is 44.6 Å². The molecule has 1 unspecified atom stereocenters. The number of rotatable bonds is 3. The lowest BCUT2D eigenvalue weighted by atomic mass is 9.96. The smallest absolute Gasteiger partial charge is 0.133 e. The van der Waals surface area contributed by atoms with Gasteiger partial charge in [-0.15, -0.1) is 10.2 Å². The van der Waals surface area contributed by atoms with E-state index < -0.39 is 0 Å². The van der Waals surface area contributed by atoms with Crippen LogP contribution in [0.2, 0.25) is 0 Å². The van der Waals surface area contributed by atoms with Crippen LogP contribution in [0.3, 0.4) is 0 Å². The first-order chi connectivity index (χ1) is 7.93. The first-order valence-corrected chi connectivity index (χ1v) is 6.52. The second-order valence-corrected chi connectivity index (χ2v) is 5.14. The zero-order valence-electron chi connectivity index (χ0n) is 9.73. The molecule has 1 aliphatic carbocycles. The molecule has 1 saturated carbocycles. The summed E-state index contributed by atoms with van der Waals surface area (Å²) in [6.45, 7) is 2.36. The van der Waals surface area contributed by atoms with Crippen molar-refractivity contribution >= 4 is 0 Å². The highest BCUT2D eigenvalue weighted by Crippen LogP contribution is 2.35. The van der Waals surface area contributed by atoms with Crippen molar-refractivity contribution in [3.8, 4) is 0 Å². The van der Waals surface area contributed by atoms with Gasteiger partial charge in [0, 0.05) is 12.5 Å². The van der Waals surface area contributed by atoms with Crippen molar-refractivity contribution in [2.24, 2.45) is 5.92 Å². The molecule has 3 rings (SSSR count). The summed E-state index contributed by atoms with van der Waals surface area (Å²) in [7, 11) is 0. The van der Waals surface area contributed by atoms with E-state index in [1.54, 1.807) is 0 Å². The van der Waals surface area contributed by atoms with Gasteiger partial charge in [0.25, 0.3) is 0 Å². The van der Waals surface area contributed by atoms with Gasteiger partial charge in [0.15, 0.2) is 0 Å². The Balaban J connectivity index is 1.65. The Morgan fingerprint density at radius 2 is 2.19 bits per heavy atom. The molecular weight excluding hydrogens is 200 g/mol. The third kappa shape index (κ3) is 2.26. The Morgan fingerprint density at radius 3 is 3.06 bits per heavy atom. The SMILES string of the molecule is c1nnc(CC2CCCNCC2)n1C1CC1. The maximum atomic E-state index is 4.29. The van der Waals surface area contributed by atoms with Crippen LogP contribution in [0.4, 0.5) is 0 Å². The van der Waals surface area contributed by atoms with Crippen molar-refractivity contribution in [2.75, 3.05) is 13.1 Å². The Bertz CT molecular complexity index is 335. The number of hydrogen-bond acceptors (Lipinski definition) is 3. The Hall–Kier alpha value is -0.900. The molecule has 1 atom stereocenters. The molecular formula is C12H20N4. The average molecular weight is 220 g/mol. The molecule has 2 fully saturated rings. The fourth-order valence-corrected chi connectivity index (χ4v) is 2.62. The topological polar surface area (TPSA) is 42.7 Å². The fourth-order valence-electron chi connectivity index (χ4n) is 2.62. The van der Waals surface area contributed by atoms with Crippen molar-refractivity contribution in [3.05, 3.63) is 12.2 Å². The van der Waals surface area contributed by atoms with Gasteiger partial charge in [-0.2, -0.15) is 0 Å². The van der Waals surface area contributed by atoms with E-state index in [2.05, 4.69) is 20.1 Å². The zero-order chi connectivity index (χ0) is 10.8. The normalized spacial score (nSPS) is 26.6. The summed E-state index contributed by atoms with van der Waals surface area (Å²) in [5, 5.41) is 11.8. The quantitative estimate of drug-likeness (QED) is 0.840. The highest BCUT2D eigenvalue weighted by atomic mass is 15.3. The fraction of sp³-hybridized carbons (Fsp3) is 0.833. The summed E-state index contributed by atoms with van der Waals surface area (Å²) in [4.78, 5) is 0. The molecule has 16 heavy (non-hydrogen) atoms. The van der Waals surface area contributed by atoms with E-state index in [4.69, 9.17) is 0 Å². The molecule has 1 aliphatic heterocycles. The minimum atomic E-state index is 0.717. The number of nitrogens with zero attached hydrogens (tertiary/aromatic N) is 3. The zero-order valence-corrected chi connectivity index (χ0v) is 9.73. The van der Waals surface area contributed by atoms with E-state index in [0.29, 0.717) is 6.04 Å². The third-order valence-electron chi connectivity index (χ3n) is 3.75. The van der Waals surface area contributed by atoms with E-state index in [1.165, 1.54) is 51.0 Å².